The molecule has 1 N–H and O–H groups in total. The van der Waals surface area contributed by atoms with Gasteiger partial charge in [0.2, 0.25) is 0 Å². The van der Waals surface area contributed by atoms with Gasteiger partial charge >= 0.3 is 6.03 Å². The van der Waals surface area contributed by atoms with E-state index in [0.717, 1.165) is 51.4 Å². The number of likely N-dealkylation sites (N-methyl/N-ethyl adjacent to an activating group) is 1. The molecule has 0 saturated carbocycles. The highest BCUT2D eigenvalue weighted by Crippen LogP contribution is 2.13. The molecule has 0 bridgehead atoms. The molecule has 1 heterocycles. The second kappa shape index (κ2) is 9.49. The van der Waals surface area contributed by atoms with Crippen molar-refractivity contribution in [3.63, 3.8) is 0 Å². The van der Waals surface area contributed by atoms with Crippen LogP contribution in [-0.4, -0.2) is 87.7 Å². The van der Waals surface area contributed by atoms with Gasteiger partial charge < -0.3 is 19.9 Å². The van der Waals surface area contributed by atoms with Crippen molar-refractivity contribution in [1.82, 2.24) is 20.0 Å². The van der Waals surface area contributed by atoms with Crippen molar-refractivity contribution < 1.29 is 9.53 Å². The normalized spacial score (nSPS) is 15.6. The van der Waals surface area contributed by atoms with E-state index in [-0.39, 0.29) is 6.03 Å². The summed E-state index contributed by atoms with van der Waals surface area (Å²) in [4.78, 5) is 18.5. The molecule has 1 aromatic carbocycles. The highest BCUT2D eigenvalue weighted by atomic mass is 16.5. The van der Waals surface area contributed by atoms with Crippen LogP contribution in [0.1, 0.15) is 5.56 Å². The van der Waals surface area contributed by atoms with Crippen molar-refractivity contribution in [3.05, 3.63) is 29.8 Å². The van der Waals surface area contributed by atoms with E-state index < -0.39 is 0 Å². The summed E-state index contributed by atoms with van der Waals surface area (Å²) in [7, 11) is 5.71. The maximum absolute atomic E-state index is 12.1. The predicted octanol–water partition coefficient (Wildman–Crippen LogP) is 1.13. The standard InChI is InChI=1S/C18H30N4O2/c1-20(2)10-8-19-18(23)22-13-11-21(12-14-22)9-7-16-5-4-6-17(15-16)24-3/h4-6,15H,7-14H2,1-3H3,(H,19,23). The monoisotopic (exact) mass is 334 g/mol. The molecule has 6 nitrogen and oxygen atoms in total. The minimum Gasteiger partial charge on any atom is -0.497 e. The zero-order valence-corrected chi connectivity index (χ0v) is 15.1. The molecule has 0 unspecified atom stereocenters. The van der Waals surface area contributed by atoms with Crippen LogP contribution in [0.2, 0.25) is 0 Å². The van der Waals surface area contributed by atoms with Gasteiger partial charge in [-0.25, -0.2) is 4.79 Å². The summed E-state index contributed by atoms with van der Waals surface area (Å²) in [6, 6.07) is 8.29. The third kappa shape index (κ3) is 6.02. The molecule has 0 spiro atoms. The lowest BCUT2D eigenvalue weighted by Crippen LogP contribution is -2.52. The highest BCUT2D eigenvalue weighted by Gasteiger charge is 2.20. The number of nitrogens with one attached hydrogen (secondary N) is 1. The van der Waals surface area contributed by atoms with E-state index in [1.807, 2.05) is 31.1 Å². The largest absolute Gasteiger partial charge is 0.497 e. The lowest BCUT2D eigenvalue weighted by atomic mass is 10.1. The van der Waals surface area contributed by atoms with E-state index in [0.29, 0.717) is 6.54 Å². The predicted molar refractivity (Wildman–Crippen MR) is 96.7 cm³/mol. The molecule has 1 aliphatic rings. The van der Waals surface area contributed by atoms with Crippen molar-refractivity contribution in [2.75, 3.05) is 67.0 Å². The highest BCUT2D eigenvalue weighted by molar-refractivity contribution is 5.74. The molecule has 2 amide bonds. The van der Waals surface area contributed by atoms with Crippen LogP contribution < -0.4 is 10.1 Å². The van der Waals surface area contributed by atoms with Gasteiger partial charge in [0, 0.05) is 45.8 Å². The van der Waals surface area contributed by atoms with Gasteiger partial charge in [-0.15, -0.1) is 0 Å². The number of nitrogens with zero attached hydrogens (tertiary/aromatic N) is 3. The third-order valence-corrected chi connectivity index (χ3v) is 4.35. The lowest BCUT2D eigenvalue weighted by molar-refractivity contribution is 0.139. The summed E-state index contributed by atoms with van der Waals surface area (Å²) in [5, 5.41) is 2.98. The molecule has 1 aliphatic heterocycles. The number of methoxy groups -OCH3 is 1. The van der Waals surface area contributed by atoms with Gasteiger partial charge in [0.05, 0.1) is 7.11 Å². The summed E-state index contributed by atoms with van der Waals surface area (Å²) < 4.78 is 5.27. The Morgan fingerprint density at radius 1 is 1.25 bits per heavy atom. The molecular weight excluding hydrogens is 304 g/mol. The zero-order chi connectivity index (χ0) is 17.4. The number of hydrogen-bond donors (Lipinski definition) is 1. The maximum Gasteiger partial charge on any atom is 0.317 e. The van der Waals surface area contributed by atoms with Gasteiger partial charge in [0.25, 0.3) is 0 Å². The Balaban J connectivity index is 1.67. The lowest BCUT2D eigenvalue weighted by Gasteiger charge is -2.34. The van der Waals surface area contributed by atoms with E-state index in [2.05, 4.69) is 27.2 Å². The number of hydrogen-bond acceptors (Lipinski definition) is 4. The van der Waals surface area contributed by atoms with Gasteiger partial charge in [-0.1, -0.05) is 12.1 Å². The Morgan fingerprint density at radius 2 is 2.00 bits per heavy atom. The smallest absolute Gasteiger partial charge is 0.317 e. The molecule has 0 atom stereocenters. The fourth-order valence-corrected chi connectivity index (χ4v) is 2.79. The molecule has 1 aromatic rings. The molecule has 0 aromatic heterocycles. The van der Waals surface area contributed by atoms with Crippen molar-refractivity contribution >= 4 is 6.03 Å². The summed E-state index contributed by atoms with van der Waals surface area (Å²) in [6.45, 7) is 6.05. The van der Waals surface area contributed by atoms with Crippen LogP contribution in [0.5, 0.6) is 5.75 Å². The number of ether oxygens (including phenoxy) is 1. The molecule has 0 radical (unpaired) electrons. The molecule has 24 heavy (non-hydrogen) atoms. The van der Waals surface area contributed by atoms with Crippen LogP contribution in [0.3, 0.4) is 0 Å². The molecular formula is C18H30N4O2. The van der Waals surface area contributed by atoms with Crippen molar-refractivity contribution in [2.24, 2.45) is 0 Å². The van der Waals surface area contributed by atoms with Gasteiger partial charge in [0.15, 0.2) is 0 Å². The van der Waals surface area contributed by atoms with E-state index in [1.54, 1.807) is 7.11 Å². The molecule has 6 heteroatoms. The van der Waals surface area contributed by atoms with Crippen LogP contribution in [0.15, 0.2) is 24.3 Å². The van der Waals surface area contributed by atoms with Crippen LogP contribution in [0.4, 0.5) is 4.79 Å². The van der Waals surface area contributed by atoms with Gasteiger partial charge in [-0.3, -0.25) is 4.90 Å². The minimum absolute atomic E-state index is 0.0595. The van der Waals surface area contributed by atoms with Crippen LogP contribution in [-0.2, 0) is 6.42 Å². The first-order valence-corrected chi connectivity index (χ1v) is 8.61. The summed E-state index contributed by atoms with van der Waals surface area (Å²) >= 11 is 0. The molecule has 1 fully saturated rings. The van der Waals surface area contributed by atoms with Crippen LogP contribution >= 0.6 is 0 Å². The first-order valence-electron chi connectivity index (χ1n) is 8.61. The van der Waals surface area contributed by atoms with E-state index in [1.165, 1.54) is 5.56 Å². The fourth-order valence-electron chi connectivity index (χ4n) is 2.79. The number of carbonyl (C=O) groups excluding carboxylic acids is 1. The topological polar surface area (TPSA) is 48.1 Å². The van der Waals surface area contributed by atoms with Crippen molar-refractivity contribution in [3.8, 4) is 5.75 Å². The Bertz CT molecular complexity index is 513. The second-order valence-corrected chi connectivity index (χ2v) is 6.47. The Labute approximate surface area is 145 Å². The third-order valence-electron chi connectivity index (χ3n) is 4.35. The molecule has 134 valence electrons. The number of benzene rings is 1. The summed E-state index contributed by atoms with van der Waals surface area (Å²) in [5.41, 5.74) is 1.29. The Kier molecular flexibility index (Phi) is 7.34. The van der Waals surface area contributed by atoms with E-state index in [9.17, 15) is 4.79 Å². The van der Waals surface area contributed by atoms with E-state index >= 15 is 0 Å². The fraction of sp³-hybridized carbons (Fsp3) is 0.611. The van der Waals surface area contributed by atoms with Gasteiger partial charge in [0.1, 0.15) is 5.75 Å². The van der Waals surface area contributed by atoms with Gasteiger partial charge in [-0.2, -0.15) is 0 Å². The van der Waals surface area contributed by atoms with Crippen molar-refractivity contribution in [2.45, 2.75) is 6.42 Å². The molecule has 2 rings (SSSR count). The zero-order valence-electron chi connectivity index (χ0n) is 15.1. The first kappa shape index (κ1) is 18.5. The number of piperazine rings is 1. The molecule has 1 saturated heterocycles. The number of rotatable bonds is 7. The number of urea groups is 1. The summed E-state index contributed by atoms with van der Waals surface area (Å²) in [5.74, 6) is 0.909. The average Bonchev–Trinajstić information content (AvgIpc) is 2.60. The average molecular weight is 334 g/mol. The maximum atomic E-state index is 12.1. The molecule has 0 aliphatic carbocycles. The van der Waals surface area contributed by atoms with E-state index in [4.69, 9.17) is 4.74 Å². The number of carbonyl (C=O) groups is 1. The first-order chi connectivity index (χ1) is 11.6. The van der Waals surface area contributed by atoms with Gasteiger partial charge in [-0.05, 0) is 38.2 Å². The van der Waals surface area contributed by atoms with Crippen LogP contribution in [0.25, 0.3) is 0 Å². The number of amides is 2. The Morgan fingerprint density at radius 3 is 2.67 bits per heavy atom. The Hall–Kier alpha value is -1.79. The summed E-state index contributed by atoms with van der Waals surface area (Å²) in [6.07, 6.45) is 1.01. The van der Waals surface area contributed by atoms with Crippen LogP contribution in [0, 0.1) is 0 Å². The second-order valence-electron chi connectivity index (χ2n) is 6.47. The quantitative estimate of drug-likeness (QED) is 0.812. The SMILES string of the molecule is COc1cccc(CCN2CCN(C(=O)NCCN(C)C)CC2)c1. The minimum atomic E-state index is 0.0595. The van der Waals surface area contributed by atoms with Crippen molar-refractivity contribution in [1.29, 1.82) is 0 Å².